The molecular weight excluding hydrogens is 552 g/mol. The van der Waals surface area contributed by atoms with Crippen LogP contribution < -0.4 is 10.2 Å². The van der Waals surface area contributed by atoms with Gasteiger partial charge < -0.3 is 10.2 Å². The summed E-state index contributed by atoms with van der Waals surface area (Å²) in [5.41, 5.74) is 3.62. The van der Waals surface area contributed by atoms with Crippen molar-refractivity contribution in [2.24, 2.45) is 9.98 Å². The predicted octanol–water partition coefficient (Wildman–Crippen LogP) is 3.29. The molecule has 0 aliphatic carbocycles. The molecule has 1 radical (unpaired) electrons. The minimum atomic E-state index is -0.898. The van der Waals surface area contributed by atoms with Crippen molar-refractivity contribution < 1.29 is 27.3 Å². The van der Waals surface area contributed by atoms with Crippen LogP contribution in [-0.4, -0.2) is 37.8 Å². The second-order valence-corrected chi connectivity index (χ2v) is 8.26. The van der Waals surface area contributed by atoms with Gasteiger partial charge in [0.2, 0.25) is 0 Å². The minimum Gasteiger partial charge on any atom is -0.860 e. The summed E-state index contributed by atoms with van der Waals surface area (Å²) in [6.07, 6.45) is 6.99. The van der Waals surface area contributed by atoms with E-state index in [9.17, 15) is 10.2 Å². The van der Waals surface area contributed by atoms with Crippen molar-refractivity contribution in [3.8, 4) is 11.4 Å². The number of aliphatic imine (C=N–C) groups is 2. The molecule has 0 spiro atoms. The summed E-state index contributed by atoms with van der Waals surface area (Å²) in [6.45, 7) is 0.151. The van der Waals surface area contributed by atoms with Gasteiger partial charge in [-0.15, -0.1) is 0 Å². The number of hydrogen-bond donors (Lipinski definition) is 0. The van der Waals surface area contributed by atoms with Crippen LogP contribution in [0.25, 0.3) is 11.4 Å². The van der Waals surface area contributed by atoms with Crippen LogP contribution in [0.5, 0.6) is 0 Å². The first-order valence-electron chi connectivity index (χ1n) is 12.3. The summed E-state index contributed by atoms with van der Waals surface area (Å²) in [5.74, 6) is -0.980. The zero-order chi connectivity index (χ0) is 27.1. The number of aromatic nitrogens is 4. The molecule has 1 aromatic carbocycles. The van der Waals surface area contributed by atoms with Crippen molar-refractivity contribution in [1.29, 1.82) is 0 Å². The number of hydrogen-bond acceptors (Lipinski definition) is 8. The summed E-state index contributed by atoms with van der Waals surface area (Å²) in [5, 5.41) is 25.0. The van der Waals surface area contributed by atoms with E-state index in [4.69, 9.17) is 0 Å². The van der Waals surface area contributed by atoms with Crippen molar-refractivity contribution in [2.75, 3.05) is 0 Å². The molecule has 5 rings (SSSR count). The molecule has 9 heteroatoms. The van der Waals surface area contributed by atoms with Crippen molar-refractivity contribution >= 4 is 11.8 Å². The van der Waals surface area contributed by atoms with E-state index in [0.717, 1.165) is 17.0 Å². The van der Waals surface area contributed by atoms with Crippen molar-refractivity contribution in [1.82, 2.24) is 19.9 Å². The molecule has 1 atom stereocenters. The van der Waals surface area contributed by atoms with E-state index in [1.807, 2.05) is 72.8 Å². The monoisotopic (exact) mass is 577 g/mol. The van der Waals surface area contributed by atoms with E-state index in [1.54, 1.807) is 48.9 Å². The van der Waals surface area contributed by atoms with Gasteiger partial charge in [-0.25, -0.2) is 0 Å². The van der Waals surface area contributed by atoms with Gasteiger partial charge in [0.05, 0.1) is 35.4 Å². The molecule has 4 aromatic heterocycles. The predicted molar refractivity (Wildman–Crippen MR) is 148 cm³/mol. The van der Waals surface area contributed by atoms with Gasteiger partial charge in [0.15, 0.2) is 0 Å². The smallest absolute Gasteiger partial charge is 0.860 e. The zero-order valence-electron chi connectivity index (χ0n) is 21.4. The van der Waals surface area contributed by atoms with Crippen molar-refractivity contribution in [3.63, 3.8) is 0 Å². The maximum absolute atomic E-state index is 12.6. The van der Waals surface area contributed by atoms with Gasteiger partial charge in [-0.3, -0.25) is 29.9 Å². The molecule has 0 aliphatic rings. The molecular formula is C31H26CuN6O2. The van der Waals surface area contributed by atoms with Crippen LogP contribution in [0, 0.1) is 0 Å². The van der Waals surface area contributed by atoms with E-state index >= 15 is 0 Å². The van der Waals surface area contributed by atoms with Crippen molar-refractivity contribution in [3.05, 3.63) is 145 Å². The summed E-state index contributed by atoms with van der Waals surface area (Å²) in [7, 11) is 0. The maximum atomic E-state index is 12.6. The van der Waals surface area contributed by atoms with Gasteiger partial charge in [0.25, 0.3) is 0 Å². The van der Waals surface area contributed by atoms with Crippen LogP contribution in [0.3, 0.4) is 0 Å². The van der Waals surface area contributed by atoms with Gasteiger partial charge in [-0.1, -0.05) is 54.6 Å². The maximum Gasteiger partial charge on any atom is 2.00 e. The van der Waals surface area contributed by atoms with E-state index in [0.29, 0.717) is 12.1 Å². The SMILES string of the molecule is [Cu+2].[O-]C(=NC(Cc1ccccc1)C([O-])=NCc1ccccn1)c1ccccn1.c1ccc(-c2ccccn2)nc1. The van der Waals surface area contributed by atoms with Crippen LogP contribution in [0.4, 0.5) is 0 Å². The van der Waals surface area contributed by atoms with E-state index < -0.39 is 17.8 Å². The third kappa shape index (κ3) is 9.54. The average molecular weight is 578 g/mol. The Balaban J connectivity index is 0.000000283. The summed E-state index contributed by atoms with van der Waals surface area (Å²) < 4.78 is 0. The third-order valence-corrected chi connectivity index (χ3v) is 5.43. The fourth-order valence-corrected chi connectivity index (χ4v) is 3.51. The van der Waals surface area contributed by atoms with Gasteiger partial charge >= 0.3 is 17.1 Å². The standard InChI is InChI=1S/C21H20N4O2.C10H8N2.Cu/c26-20(24-15-17-10-4-6-12-22-17)19(14-16-8-2-1-3-9-16)25-21(27)18-11-5-7-13-23-18;1-3-7-11-9(5-1)10-6-2-4-8-12-10;/h1-13,19H,14-15H2,(H,24,26)(H,25,27);1-8H;/q;;+2/p-2. The molecule has 5 aromatic rings. The second-order valence-electron chi connectivity index (χ2n) is 8.26. The Morgan fingerprint density at radius 3 is 1.70 bits per heavy atom. The van der Waals surface area contributed by atoms with Gasteiger partial charge in [-0.05, 0) is 66.4 Å². The third-order valence-electron chi connectivity index (χ3n) is 5.43. The second kappa shape index (κ2) is 16.3. The van der Waals surface area contributed by atoms with Gasteiger partial charge in [0, 0.05) is 30.7 Å². The van der Waals surface area contributed by atoms with E-state index in [1.165, 1.54) is 6.20 Å². The first kappa shape index (κ1) is 29.8. The van der Waals surface area contributed by atoms with Crippen LogP contribution >= 0.6 is 0 Å². The Bertz CT molecular complexity index is 1420. The fraction of sp³-hybridized carbons (Fsp3) is 0.0968. The fourth-order valence-electron chi connectivity index (χ4n) is 3.51. The summed E-state index contributed by atoms with van der Waals surface area (Å²) >= 11 is 0. The minimum absolute atomic E-state index is 0. The molecule has 40 heavy (non-hydrogen) atoms. The molecule has 0 N–H and O–H groups in total. The van der Waals surface area contributed by atoms with Gasteiger partial charge in [0.1, 0.15) is 0 Å². The van der Waals surface area contributed by atoms with Crippen LogP contribution in [0.1, 0.15) is 17.0 Å². The number of pyridine rings is 4. The van der Waals surface area contributed by atoms with Crippen LogP contribution in [-0.2, 0) is 30.0 Å². The molecule has 0 bridgehead atoms. The molecule has 0 aliphatic heterocycles. The van der Waals surface area contributed by atoms with E-state index in [-0.39, 0.29) is 29.3 Å². The van der Waals surface area contributed by atoms with Crippen LogP contribution in [0.15, 0.2) is 138 Å². The number of benzene rings is 1. The topological polar surface area (TPSA) is 122 Å². The molecule has 0 saturated carbocycles. The Morgan fingerprint density at radius 2 is 1.18 bits per heavy atom. The molecule has 1 unspecified atom stereocenters. The molecule has 0 amide bonds. The Hall–Kier alpha value is -4.72. The summed E-state index contributed by atoms with van der Waals surface area (Å²) in [6, 6.07) is 30.5. The zero-order valence-corrected chi connectivity index (χ0v) is 22.4. The number of nitrogens with zero attached hydrogens (tertiary/aromatic N) is 6. The van der Waals surface area contributed by atoms with Crippen molar-refractivity contribution in [2.45, 2.75) is 19.0 Å². The Kier molecular flexibility index (Phi) is 12.1. The quantitative estimate of drug-likeness (QED) is 0.158. The molecule has 4 heterocycles. The first-order valence-corrected chi connectivity index (χ1v) is 12.3. The Morgan fingerprint density at radius 1 is 0.625 bits per heavy atom. The average Bonchev–Trinajstić information content (AvgIpc) is 3.02. The molecule has 8 nitrogen and oxygen atoms in total. The largest absolute Gasteiger partial charge is 2.00 e. The number of rotatable bonds is 8. The van der Waals surface area contributed by atoms with Gasteiger partial charge in [-0.2, -0.15) is 0 Å². The normalized spacial score (nSPS) is 11.9. The molecule has 203 valence electrons. The molecule has 0 saturated heterocycles. The first-order chi connectivity index (χ1) is 19.2. The van der Waals surface area contributed by atoms with E-state index in [2.05, 4.69) is 29.9 Å². The molecule has 0 fully saturated rings. The summed E-state index contributed by atoms with van der Waals surface area (Å²) in [4.78, 5) is 24.7. The Labute approximate surface area is 243 Å². The van der Waals surface area contributed by atoms with Crippen LogP contribution in [0.2, 0.25) is 0 Å².